The quantitative estimate of drug-likeness (QED) is 0.853. The van der Waals surface area contributed by atoms with Crippen LogP contribution in [-0.4, -0.2) is 24.6 Å². The van der Waals surface area contributed by atoms with Crippen molar-refractivity contribution in [3.63, 3.8) is 0 Å². The van der Waals surface area contributed by atoms with E-state index in [1.165, 1.54) is 0 Å². The summed E-state index contributed by atoms with van der Waals surface area (Å²) >= 11 is 1.55. The van der Waals surface area contributed by atoms with Crippen LogP contribution in [-0.2, 0) is 4.79 Å². The van der Waals surface area contributed by atoms with Crippen molar-refractivity contribution < 1.29 is 9.59 Å². The van der Waals surface area contributed by atoms with Gasteiger partial charge in [-0.3, -0.25) is 9.59 Å². The van der Waals surface area contributed by atoms with Crippen LogP contribution in [0, 0.1) is 6.92 Å². The summed E-state index contributed by atoms with van der Waals surface area (Å²) in [5, 5.41) is 2.95. The molecule has 4 nitrogen and oxygen atoms in total. The third-order valence-electron chi connectivity index (χ3n) is 4.17. The standard InChI is InChI=1S/C19H20N2O2S/c1-13-12-14(9-10-16(13)21-11-5-8-18(21)22)20-19(23)15-6-3-4-7-17(15)24-2/h3-4,6-7,9-10,12H,5,8,11H2,1-2H3,(H,20,23). The number of anilines is 2. The molecule has 24 heavy (non-hydrogen) atoms. The van der Waals surface area contributed by atoms with Crippen LogP contribution in [0.1, 0.15) is 28.8 Å². The Balaban J connectivity index is 1.80. The molecule has 0 saturated carbocycles. The molecule has 1 aliphatic rings. The number of benzene rings is 2. The van der Waals surface area contributed by atoms with Crippen molar-refractivity contribution >= 4 is 35.0 Å². The van der Waals surface area contributed by atoms with Crippen LogP contribution in [0.2, 0.25) is 0 Å². The van der Waals surface area contributed by atoms with Crippen molar-refractivity contribution in [3.05, 3.63) is 53.6 Å². The predicted octanol–water partition coefficient (Wildman–Crippen LogP) is 4.10. The van der Waals surface area contributed by atoms with E-state index in [9.17, 15) is 9.59 Å². The summed E-state index contributed by atoms with van der Waals surface area (Å²) < 4.78 is 0. The molecule has 1 aliphatic heterocycles. The second-order valence-electron chi connectivity index (χ2n) is 5.80. The molecule has 0 unspecified atom stereocenters. The molecule has 0 aromatic heterocycles. The van der Waals surface area contributed by atoms with E-state index in [2.05, 4.69) is 5.32 Å². The van der Waals surface area contributed by atoms with Crippen LogP contribution in [0.25, 0.3) is 0 Å². The second-order valence-corrected chi connectivity index (χ2v) is 6.65. The minimum Gasteiger partial charge on any atom is -0.322 e. The van der Waals surface area contributed by atoms with Crippen LogP contribution < -0.4 is 10.2 Å². The molecule has 2 aromatic rings. The lowest BCUT2D eigenvalue weighted by Crippen LogP contribution is -2.24. The average molecular weight is 340 g/mol. The van der Waals surface area contributed by atoms with Crippen LogP contribution in [0.5, 0.6) is 0 Å². The molecule has 2 amide bonds. The molecule has 0 radical (unpaired) electrons. The van der Waals surface area contributed by atoms with Gasteiger partial charge < -0.3 is 10.2 Å². The van der Waals surface area contributed by atoms with Gasteiger partial charge in [0.1, 0.15) is 0 Å². The normalized spacial score (nSPS) is 14.1. The molecule has 1 fully saturated rings. The molecule has 1 heterocycles. The molecule has 124 valence electrons. The molecule has 0 spiro atoms. The molecule has 5 heteroatoms. The molecular weight excluding hydrogens is 320 g/mol. The van der Waals surface area contributed by atoms with Gasteiger partial charge in [-0.2, -0.15) is 0 Å². The lowest BCUT2D eigenvalue weighted by Gasteiger charge is -2.19. The maximum atomic E-state index is 12.5. The first-order valence-electron chi connectivity index (χ1n) is 7.95. The summed E-state index contributed by atoms with van der Waals surface area (Å²) in [7, 11) is 0. The Kier molecular flexibility index (Phi) is 4.90. The smallest absolute Gasteiger partial charge is 0.256 e. The molecule has 0 aliphatic carbocycles. The number of rotatable bonds is 4. The fourth-order valence-electron chi connectivity index (χ4n) is 2.97. The number of amides is 2. The van der Waals surface area contributed by atoms with Gasteiger partial charge in [-0.1, -0.05) is 12.1 Å². The van der Waals surface area contributed by atoms with Crippen molar-refractivity contribution in [3.8, 4) is 0 Å². The molecule has 1 N–H and O–H groups in total. The molecule has 3 rings (SSSR count). The van der Waals surface area contributed by atoms with Crippen molar-refractivity contribution in [2.75, 3.05) is 23.0 Å². The maximum absolute atomic E-state index is 12.5. The van der Waals surface area contributed by atoms with E-state index in [0.29, 0.717) is 12.0 Å². The number of nitrogens with zero attached hydrogens (tertiary/aromatic N) is 1. The molecule has 1 saturated heterocycles. The first-order valence-corrected chi connectivity index (χ1v) is 9.18. The number of nitrogens with one attached hydrogen (secondary N) is 1. The summed E-state index contributed by atoms with van der Waals surface area (Å²) in [5.74, 6) is 0.0492. The highest BCUT2D eigenvalue weighted by molar-refractivity contribution is 7.98. The van der Waals surface area contributed by atoms with Gasteiger partial charge in [0.2, 0.25) is 5.91 Å². The van der Waals surface area contributed by atoms with Gasteiger partial charge in [0.25, 0.3) is 5.91 Å². The third kappa shape index (κ3) is 3.31. The number of hydrogen-bond acceptors (Lipinski definition) is 3. The topological polar surface area (TPSA) is 49.4 Å². The lowest BCUT2D eigenvalue weighted by atomic mass is 10.1. The summed E-state index contributed by atoms with van der Waals surface area (Å²) in [6.45, 7) is 2.74. The van der Waals surface area contributed by atoms with Crippen LogP contribution >= 0.6 is 11.8 Å². The van der Waals surface area contributed by atoms with Gasteiger partial charge in [-0.05, 0) is 55.5 Å². The first kappa shape index (κ1) is 16.6. The van der Waals surface area contributed by atoms with Crippen LogP contribution in [0.15, 0.2) is 47.4 Å². The zero-order valence-electron chi connectivity index (χ0n) is 13.8. The van der Waals surface area contributed by atoms with Gasteiger partial charge in [0.05, 0.1) is 5.56 Å². The Morgan fingerprint density at radius 2 is 2.00 bits per heavy atom. The highest BCUT2D eigenvalue weighted by Gasteiger charge is 2.23. The number of carbonyl (C=O) groups excluding carboxylic acids is 2. The van der Waals surface area contributed by atoms with Crippen molar-refractivity contribution in [2.45, 2.75) is 24.7 Å². The molecule has 2 aromatic carbocycles. The Bertz CT molecular complexity index is 789. The molecule has 0 bridgehead atoms. The SMILES string of the molecule is CSc1ccccc1C(=O)Nc1ccc(N2CCCC2=O)c(C)c1. The van der Waals surface area contributed by atoms with E-state index in [1.807, 2.05) is 60.5 Å². The summed E-state index contributed by atoms with van der Waals surface area (Å²) in [6.07, 6.45) is 3.48. The predicted molar refractivity (Wildman–Crippen MR) is 98.9 cm³/mol. The van der Waals surface area contributed by atoms with Gasteiger partial charge in [0.15, 0.2) is 0 Å². The van der Waals surface area contributed by atoms with Gasteiger partial charge in [0, 0.05) is 29.2 Å². The van der Waals surface area contributed by atoms with Crippen molar-refractivity contribution in [1.29, 1.82) is 0 Å². The first-order chi connectivity index (χ1) is 11.6. The third-order valence-corrected chi connectivity index (χ3v) is 4.97. The summed E-state index contributed by atoms with van der Waals surface area (Å²) in [6, 6.07) is 13.2. The Morgan fingerprint density at radius 1 is 1.21 bits per heavy atom. The molecule has 0 atom stereocenters. The summed E-state index contributed by atoms with van der Waals surface area (Å²) in [5.41, 5.74) is 3.33. The number of hydrogen-bond donors (Lipinski definition) is 1. The van der Waals surface area contributed by atoms with E-state index in [1.54, 1.807) is 11.8 Å². The largest absolute Gasteiger partial charge is 0.322 e. The minimum absolute atomic E-state index is 0.121. The monoisotopic (exact) mass is 340 g/mol. The fourth-order valence-corrected chi connectivity index (χ4v) is 3.56. The van der Waals surface area contributed by atoms with E-state index >= 15 is 0 Å². The van der Waals surface area contributed by atoms with Crippen LogP contribution in [0.3, 0.4) is 0 Å². The number of thioether (sulfide) groups is 1. The molecular formula is C19H20N2O2S. The van der Waals surface area contributed by atoms with Gasteiger partial charge in [-0.25, -0.2) is 0 Å². The van der Waals surface area contributed by atoms with Crippen molar-refractivity contribution in [1.82, 2.24) is 0 Å². The van der Waals surface area contributed by atoms with E-state index in [-0.39, 0.29) is 11.8 Å². The zero-order valence-corrected chi connectivity index (χ0v) is 14.7. The Morgan fingerprint density at radius 3 is 2.67 bits per heavy atom. The average Bonchev–Trinajstić information content (AvgIpc) is 3.00. The Labute approximate surface area is 146 Å². The summed E-state index contributed by atoms with van der Waals surface area (Å²) in [4.78, 5) is 27.2. The van der Waals surface area contributed by atoms with E-state index in [0.717, 1.165) is 34.8 Å². The number of aryl methyl sites for hydroxylation is 1. The minimum atomic E-state index is -0.121. The van der Waals surface area contributed by atoms with Crippen LogP contribution in [0.4, 0.5) is 11.4 Å². The van der Waals surface area contributed by atoms with E-state index in [4.69, 9.17) is 0 Å². The van der Waals surface area contributed by atoms with Gasteiger partial charge >= 0.3 is 0 Å². The second kappa shape index (κ2) is 7.09. The fraction of sp³-hybridized carbons (Fsp3) is 0.263. The van der Waals surface area contributed by atoms with E-state index < -0.39 is 0 Å². The Hall–Kier alpha value is -2.27. The highest BCUT2D eigenvalue weighted by Crippen LogP contribution is 2.28. The maximum Gasteiger partial charge on any atom is 0.256 e. The lowest BCUT2D eigenvalue weighted by molar-refractivity contribution is -0.117. The van der Waals surface area contributed by atoms with Crippen molar-refractivity contribution in [2.24, 2.45) is 0 Å². The number of carbonyl (C=O) groups is 2. The van der Waals surface area contributed by atoms with Gasteiger partial charge in [-0.15, -0.1) is 11.8 Å². The zero-order chi connectivity index (χ0) is 17.1. The highest BCUT2D eigenvalue weighted by atomic mass is 32.2.